The minimum Gasteiger partial charge on any atom is -0.394 e. The van der Waals surface area contributed by atoms with Crippen LogP contribution in [0.3, 0.4) is 0 Å². The first-order chi connectivity index (χ1) is 39.2. The predicted molar refractivity (Wildman–Crippen MR) is 248 cm³/mol. The van der Waals surface area contributed by atoms with E-state index in [1.807, 2.05) is 0 Å². The van der Waals surface area contributed by atoms with E-state index in [4.69, 9.17) is 66.3 Å². The second-order valence-electron chi connectivity index (χ2n) is 20.8. The van der Waals surface area contributed by atoms with Crippen molar-refractivity contribution in [3.05, 3.63) is 0 Å². The normalized spacial score (nSPS) is 49.8. The molecule has 0 aromatic rings. The average molecular weight is 1230 g/mol. The fourth-order valence-corrected chi connectivity index (χ4v) is 9.86. The van der Waals surface area contributed by atoms with Crippen molar-refractivity contribution in [1.29, 1.82) is 0 Å². The van der Waals surface area contributed by atoms with Gasteiger partial charge in [-0.25, -0.2) is 0 Å². The third kappa shape index (κ3) is 15.4. The Hall–Kier alpha value is -1.81. The first-order valence-corrected chi connectivity index (χ1v) is 26.1. The van der Waals surface area contributed by atoms with E-state index in [-0.39, 0.29) is 6.29 Å². The summed E-state index contributed by atoms with van der Waals surface area (Å²) in [6, 6.07) is 0. The van der Waals surface area contributed by atoms with Gasteiger partial charge < -0.3 is 189 Å². The molecule has 7 saturated heterocycles. The molecule has 0 radical (unpaired) electrons. The van der Waals surface area contributed by atoms with Gasteiger partial charge in [-0.05, 0) is 0 Å². The van der Waals surface area contributed by atoms with Crippen LogP contribution in [0.4, 0.5) is 0 Å². The molecule has 7 rings (SSSR count). The third-order valence-electron chi connectivity index (χ3n) is 15.0. The van der Waals surface area contributed by atoms with Gasteiger partial charge >= 0.3 is 0 Å². The van der Waals surface area contributed by atoms with Gasteiger partial charge in [0.25, 0.3) is 0 Å². The minimum atomic E-state index is -2.42. The van der Waals surface area contributed by atoms with E-state index in [2.05, 4.69) is 0 Å². The lowest BCUT2D eigenvalue weighted by Gasteiger charge is -2.49. The number of aliphatic hydroxyl groups excluding tert-OH is 23. The van der Waals surface area contributed by atoms with Crippen molar-refractivity contribution >= 4 is 6.29 Å². The Morgan fingerprint density at radius 1 is 0.386 bits per heavy atom. The molecule has 83 heavy (non-hydrogen) atoms. The van der Waals surface area contributed by atoms with Crippen molar-refractivity contribution in [2.45, 2.75) is 221 Å². The van der Waals surface area contributed by atoms with Gasteiger partial charge in [-0.1, -0.05) is 0 Å². The van der Waals surface area contributed by atoms with Crippen molar-refractivity contribution in [3.63, 3.8) is 0 Å². The molecule has 0 amide bonds. The van der Waals surface area contributed by atoms with E-state index >= 15 is 0 Å². The van der Waals surface area contributed by atoms with E-state index in [9.17, 15) is 122 Å². The van der Waals surface area contributed by atoms with Gasteiger partial charge in [-0.15, -0.1) is 0 Å². The Balaban J connectivity index is 1.16. The Morgan fingerprint density at radius 2 is 0.747 bits per heavy atom. The number of aliphatic hydroxyl groups is 23. The fourth-order valence-electron chi connectivity index (χ4n) is 9.86. The summed E-state index contributed by atoms with van der Waals surface area (Å²) in [7, 11) is 0. The largest absolute Gasteiger partial charge is 0.394 e. The van der Waals surface area contributed by atoms with Crippen molar-refractivity contribution < 1.29 is 189 Å². The van der Waals surface area contributed by atoms with Crippen LogP contribution in [0, 0.1) is 0 Å². The zero-order valence-corrected chi connectivity index (χ0v) is 43.4. The van der Waals surface area contributed by atoms with Crippen LogP contribution in [0.25, 0.3) is 0 Å². The Kier molecular flexibility index (Phi) is 24.9. The molecule has 36 unspecified atom stereocenters. The minimum absolute atomic E-state index is 0.182. The molecule has 38 heteroatoms. The van der Waals surface area contributed by atoms with Crippen molar-refractivity contribution in [1.82, 2.24) is 0 Å². The molecule has 36 atom stereocenters. The Labute approximate surface area is 468 Å². The van der Waals surface area contributed by atoms with E-state index in [1.165, 1.54) is 0 Å². The molecule has 0 spiro atoms. The van der Waals surface area contributed by atoms with Crippen molar-refractivity contribution in [2.24, 2.45) is 0 Å². The SMILES string of the molecule is O=CC(O)C(O)C(OC1OC(COC2OCC(O)C(O)C2OC2OC(CO)C(O)C(O)C2O)C(OC2OC(COC3OCC(O)C(O)C3O)C(OC3OC(COC4OCC(O)C(O)C4O)C(O)C(O)C3O)C(O)C2O)C(O)C1O)C(O)CO. The van der Waals surface area contributed by atoms with Gasteiger partial charge in [0.05, 0.1) is 52.9 Å². The monoisotopic (exact) mass is 1220 g/mol. The molecular weight excluding hydrogens is 1150 g/mol. The maximum atomic E-state index is 11.9. The standard InChI is InChI=1S/C45H76O38/c46-1-10(49)21(56)35(11(50)2-47)80-43-33(68)27(62)37(18(78-43)9-75-45-38(22(57)14(53)6-72-45)83-41-31(66)25(60)23(58)15(3-48)76-41)82-44-34(69)28(63)36(17(79-44)8-74-40-30(65)20(55)13(52)5-71-40)81-42-32(67)26(61)24(59)16(77-42)7-73-39-29(64)19(54)12(51)4-70-39/h1,10-45,47-69H,2-9H2. The summed E-state index contributed by atoms with van der Waals surface area (Å²) in [4.78, 5) is 11.4. The number of hydrogen-bond donors (Lipinski definition) is 23. The van der Waals surface area contributed by atoms with Crippen LogP contribution in [0.15, 0.2) is 0 Å². The highest BCUT2D eigenvalue weighted by Gasteiger charge is 2.57. The van der Waals surface area contributed by atoms with Gasteiger partial charge in [-0.3, -0.25) is 0 Å². The van der Waals surface area contributed by atoms with E-state index in [1.54, 1.807) is 0 Å². The lowest BCUT2D eigenvalue weighted by molar-refractivity contribution is -0.391. The molecule has 7 heterocycles. The molecule has 7 aliphatic rings. The zero-order chi connectivity index (χ0) is 61.0. The van der Waals surface area contributed by atoms with E-state index in [0.717, 1.165) is 0 Å². The molecule has 23 N–H and O–H groups in total. The van der Waals surface area contributed by atoms with Crippen LogP contribution in [0.1, 0.15) is 0 Å². The van der Waals surface area contributed by atoms with Crippen LogP contribution in [0.2, 0.25) is 0 Å². The summed E-state index contributed by atoms with van der Waals surface area (Å²) in [6.45, 7) is -6.74. The molecule has 0 aliphatic carbocycles. The van der Waals surface area contributed by atoms with Crippen LogP contribution in [-0.2, 0) is 71.1 Å². The molecule has 38 nitrogen and oxygen atoms in total. The molecule has 7 aliphatic heterocycles. The number of carbonyl (C=O) groups excluding carboxylic acids is 1. The van der Waals surface area contributed by atoms with Crippen LogP contribution in [-0.4, -0.2) is 398 Å². The van der Waals surface area contributed by atoms with E-state index < -0.39 is 274 Å². The number of rotatable bonds is 23. The zero-order valence-electron chi connectivity index (χ0n) is 43.4. The maximum Gasteiger partial charge on any atom is 0.187 e. The van der Waals surface area contributed by atoms with Crippen LogP contribution < -0.4 is 0 Å². The summed E-state index contributed by atoms with van der Waals surface area (Å²) in [5, 5.41) is 245. The second-order valence-corrected chi connectivity index (χ2v) is 20.8. The summed E-state index contributed by atoms with van der Waals surface area (Å²) in [5.74, 6) is 0. The molecule has 7 fully saturated rings. The van der Waals surface area contributed by atoms with Crippen molar-refractivity contribution in [2.75, 3.05) is 52.9 Å². The van der Waals surface area contributed by atoms with Gasteiger partial charge in [0.1, 0.15) is 177 Å². The summed E-state index contributed by atoms with van der Waals surface area (Å²) >= 11 is 0. The molecule has 0 aromatic carbocycles. The molecular formula is C45H76O38. The fraction of sp³-hybridized carbons (Fsp3) is 0.978. The van der Waals surface area contributed by atoms with Crippen LogP contribution in [0.5, 0.6) is 0 Å². The number of aldehydes is 1. The first-order valence-electron chi connectivity index (χ1n) is 26.1. The quantitative estimate of drug-likeness (QED) is 0.0422. The molecule has 484 valence electrons. The number of carbonyl (C=O) groups is 1. The van der Waals surface area contributed by atoms with Crippen molar-refractivity contribution in [3.8, 4) is 0 Å². The first kappa shape index (κ1) is 68.7. The van der Waals surface area contributed by atoms with Crippen LogP contribution >= 0.6 is 0 Å². The third-order valence-corrected chi connectivity index (χ3v) is 15.0. The van der Waals surface area contributed by atoms with Gasteiger partial charge in [0.15, 0.2) is 50.3 Å². The summed E-state index contributed by atoms with van der Waals surface area (Å²) < 4.78 is 79.0. The average Bonchev–Trinajstić information content (AvgIpc) is 3.66. The van der Waals surface area contributed by atoms with Gasteiger partial charge in [0.2, 0.25) is 0 Å². The lowest BCUT2D eigenvalue weighted by Crippen LogP contribution is -2.67. The Bertz CT molecular complexity index is 1960. The summed E-state index contributed by atoms with van der Waals surface area (Å²) in [5.41, 5.74) is 0. The molecule has 0 saturated carbocycles. The highest BCUT2D eigenvalue weighted by Crippen LogP contribution is 2.36. The lowest BCUT2D eigenvalue weighted by atomic mass is 9.95. The molecule has 0 aromatic heterocycles. The molecule has 0 bridgehead atoms. The maximum absolute atomic E-state index is 11.9. The number of hydrogen-bond acceptors (Lipinski definition) is 38. The highest BCUT2D eigenvalue weighted by atomic mass is 16.8. The van der Waals surface area contributed by atoms with Gasteiger partial charge in [-0.2, -0.15) is 0 Å². The van der Waals surface area contributed by atoms with Gasteiger partial charge in [0, 0.05) is 0 Å². The highest BCUT2D eigenvalue weighted by molar-refractivity contribution is 5.56. The van der Waals surface area contributed by atoms with E-state index in [0.29, 0.717) is 0 Å². The topological polar surface area (TPSA) is 612 Å². The predicted octanol–water partition coefficient (Wildman–Crippen LogP) is -16.7. The summed E-state index contributed by atoms with van der Waals surface area (Å²) in [6.07, 6.45) is -72.7. The number of ether oxygens (including phenoxy) is 14. The second kappa shape index (κ2) is 30.1. The Morgan fingerprint density at radius 3 is 1.22 bits per heavy atom. The smallest absolute Gasteiger partial charge is 0.187 e.